The number of carbonyl (C=O) groups is 2. The number of aliphatic carboxylic acids is 1. The van der Waals surface area contributed by atoms with Gasteiger partial charge in [-0.3, -0.25) is 9.59 Å². The lowest BCUT2D eigenvalue weighted by atomic mass is 10.1. The minimum Gasteiger partial charge on any atom is -0.481 e. The average molecular weight is 245 g/mol. The predicted octanol–water partition coefficient (Wildman–Crippen LogP) is 1.59. The molecular formula is C11H19NO3S. The molecule has 0 bridgehead atoms. The highest BCUT2D eigenvalue weighted by atomic mass is 32.2. The maximum atomic E-state index is 11.9. The van der Waals surface area contributed by atoms with E-state index in [0.29, 0.717) is 18.1 Å². The summed E-state index contributed by atoms with van der Waals surface area (Å²) in [7, 11) is 0. The Balaban J connectivity index is 2.37. The summed E-state index contributed by atoms with van der Waals surface area (Å²) >= 11 is 1.89. The van der Waals surface area contributed by atoms with Crippen LogP contribution in [0.4, 0.5) is 0 Å². The molecule has 1 rings (SSSR count). The minimum absolute atomic E-state index is 0.0816. The molecule has 1 heterocycles. The molecule has 1 saturated heterocycles. The Hall–Kier alpha value is -0.710. The van der Waals surface area contributed by atoms with Crippen LogP contribution < -0.4 is 0 Å². The first-order valence-electron chi connectivity index (χ1n) is 5.65. The summed E-state index contributed by atoms with van der Waals surface area (Å²) in [4.78, 5) is 24.1. The molecule has 2 atom stereocenters. The third-order valence-electron chi connectivity index (χ3n) is 2.99. The number of carboxylic acid groups (broad SMARTS) is 1. The Kier molecular flexibility index (Phi) is 5.12. The molecule has 1 amide bonds. The monoisotopic (exact) mass is 245 g/mol. The van der Waals surface area contributed by atoms with Crippen molar-refractivity contribution in [3.63, 3.8) is 0 Å². The third-order valence-corrected chi connectivity index (χ3v) is 4.32. The molecule has 4 nitrogen and oxygen atoms in total. The standard InChI is InChI=1S/C11H19NO3S/c1-8-9(2)16-7-6-12(8)10(13)4-3-5-11(14)15/h8-9H,3-7H2,1-2H3,(H,14,15). The Labute approximate surface area is 100 Å². The predicted molar refractivity (Wildman–Crippen MR) is 64.6 cm³/mol. The van der Waals surface area contributed by atoms with E-state index in [2.05, 4.69) is 13.8 Å². The summed E-state index contributed by atoms with van der Waals surface area (Å²) in [5.41, 5.74) is 0. The van der Waals surface area contributed by atoms with Crippen LogP contribution in [0.5, 0.6) is 0 Å². The first kappa shape index (κ1) is 13.4. The summed E-state index contributed by atoms with van der Waals surface area (Å²) in [6.45, 7) is 4.99. The molecule has 2 unspecified atom stereocenters. The second-order valence-corrected chi connectivity index (χ2v) is 5.64. The number of hydrogen-bond donors (Lipinski definition) is 1. The number of nitrogens with zero attached hydrogens (tertiary/aromatic N) is 1. The van der Waals surface area contributed by atoms with Gasteiger partial charge in [-0.15, -0.1) is 0 Å². The van der Waals surface area contributed by atoms with Crippen LogP contribution in [-0.2, 0) is 9.59 Å². The van der Waals surface area contributed by atoms with Gasteiger partial charge in [0.05, 0.1) is 0 Å². The van der Waals surface area contributed by atoms with Gasteiger partial charge in [-0.25, -0.2) is 0 Å². The molecule has 1 N–H and O–H groups in total. The molecule has 0 aromatic carbocycles. The Morgan fingerprint density at radius 1 is 1.38 bits per heavy atom. The summed E-state index contributed by atoms with van der Waals surface area (Å²) in [6.07, 6.45) is 0.880. The van der Waals surface area contributed by atoms with E-state index in [1.165, 1.54) is 0 Å². The van der Waals surface area contributed by atoms with Crippen LogP contribution in [0.15, 0.2) is 0 Å². The summed E-state index contributed by atoms with van der Waals surface area (Å²) < 4.78 is 0. The van der Waals surface area contributed by atoms with Gasteiger partial charge in [-0.05, 0) is 13.3 Å². The molecule has 1 fully saturated rings. The van der Waals surface area contributed by atoms with E-state index >= 15 is 0 Å². The van der Waals surface area contributed by atoms with Crippen LogP contribution in [-0.4, -0.2) is 45.5 Å². The minimum atomic E-state index is -0.830. The summed E-state index contributed by atoms with van der Waals surface area (Å²) in [6, 6.07) is 0.260. The molecule has 1 aliphatic rings. The van der Waals surface area contributed by atoms with Gasteiger partial charge >= 0.3 is 5.97 Å². The highest BCUT2D eigenvalue weighted by molar-refractivity contribution is 8.00. The van der Waals surface area contributed by atoms with E-state index in [4.69, 9.17) is 5.11 Å². The fourth-order valence-corrected chi connectivity index (χ4v) is 2.92. The zero-order valence-corrected chi connectivity index (χ0v) is 10.6. The summed E-state index contributed by atoms with van der Waals surface area (Å²) in [5.74, 6) is 0.250. The van der Waals surface area contributed by atoms with Gasteiger partial charge in [0.1, 0.15) is 0 Å². The molecule has 0 aliphatic carbocycles. The zero-order valence-electron chi connectivity index (χ0n) is 9.81. The number of amides is 1. The van der Waals surface area contributed by atoms with Crippen LogP contribution in [0.25, 0.3) is 0 Å². The average Bonchev–Trinajstić information content (AvgIpc) is 2.21. The number of hydrogen-bond acceptors (Lipinski definition) is 3. The third kappa shape index (κ3) is 3.70. The zero-order chi connectivity index (χ0) is 12.1. The quantitative estimate of drug-likeness (QED) is 0.817. The Bertz CT molecular complexity index is 270. The van der Waals surface area contributed by atoms with Crippen molar-refractivity contribution in [3.05, 3.63) is 0 Å². The first-order valence-corrected chi connectivity index (χ1v) is 6.70. The van der Waals surface area contributed by atoms with E-state index in [1.54, 1.807) is 0 Å². The van der Waals surface area contributed by atoms with E-state index in [0.717, 1.165) is 12.3 Å². The van der Waals surface area contributed by atoms with Crippen LogP contribution >= 0.6 is 11.8 Å². The van der Waals surface area contributed by atoms with E-state index < -0.39 is 5.97 Å². The Morgan fingerprint density at radius 3 is 2.69 bits per heavy atom. The maximum Gasteiger partial charge on any atom is 0.303 e. The van der Waals surface area contributed by atoms with Crippen molar-refractivity contribution < 1.29 is 14.7 Å². The molecular weight excluding hydrogens is 226 g/mol. The lowest BCUT2D eigenvalue weighted by Gasteiger charge is -2.37. The van der Waals surface area contributed by atoms with Gasteiger partial charge < -0.3 is 10.0 Å². The molecule has 0 saturated carbocycles. The lowest BCUT2D eigenvalue weighted by Crippen LogP contribution is -2.47. The number of rotatable bonds is 4. The van der Waals surface area contributed by atoms with Gasteiger partial charge in [0.15, 0.2) is 0 Å². The van der Waals surface area contributed by atoms with Gasteiger partial charge in [0.25, 0.3) is 0 Å². The first-order chi connectivity index (χ1) is 7.52. The van der Waals surface area contributed by atoms with Crippen molar-refractivity contribution in [1.29, 1.82) is 0 Å². The normalized spacial score (nSPS) is 25.5. The number of thioether (sulfide) groups is 1. The summed E-state index contributed by atoms with van der Waals surface area (Å²) in [5, 5.41) is 8.97. The molecule has 0 spiro atoms. The second kappa shape index (κ2) is 6.13. The smallest absolute Gasteiger partial charge is 0.303 e. The number of carboxylic acids is 1. The fourth-order valence-electron chi connectivity index (χ4n) is 1.82. The molecule has 16 heavy (non-hydrogen) atoms. The largest absolute Gasteiger partial charge is 0.481 e. The number of carbonyl (C=O) groups excluding carboxylic acids is 1. The van der Waals surface area contributed by atoms with Crippen molar-refractivity contribution in [2.45, 2.75) is 44.4 Å². The van der Waals surface area contributed by atoms with Gasteiger partial charge in [-0.1, -0.05) is 6.92 Å². The molecule has 0 aromatic rings. The lowest BCUT2D eigenvalue weighted by molar-refractivity contribution is -0.137. The highest BCUT2D eigenvalue weighted by Crippen LogP contribution is 2.24. The van der Waals surface area contributed by atoms with Gasteiger partial charge in [-0.2, -0.15) is 11.8 Å². The van der Waals surface area contributed by atoms with E-state index in [1.807, 2.05) is 16.7 Å². The SMILES string of the molecule is CC1SCCN(C(=O)CCCC(=O)O)C1C. The van der Waals surface area contributed by atoms with E-state index in [-0.39, 0.29) is 18.4 Å². The topological polar surface area (TPSA) is 57.6 Å². The highest BCUT2D eigenvalue weighted by Gasteiger charge is 2.28. The molecule has 5 heteroatoms. The molecule has 0 aromatic heterocycles. The molecule has 0 radical (unpaired) electrons. The van der Waals surface area contributed by atoms with Crippen molar-refractivity contribution >= 4 is 23.6 Å². The van der Waals surface area contributed by atoms with E-state index in [9.17, 15) is 9.59 Å². The maximum absolute atomic E-state index is 11.9. The van der Waals surface area contributed by atoms with Crippen LogP contribution in [0, 0.1) is 0 Å². The second-order valence-electron chi connectivity index (χ2n) is 4.15. The van der Waals surface area contributed by atoms with Crippen LogP contribution in [0.3, 0.4) is 0 Å². The Morgan fingerprint density at radius 2 is 2.06 bits per heavy atom. The van der Waals surface area contributed by atoms with Gasteiger partial charge in [0, 0.05) is 36.4 Å². The van der Waals surface area contributed by atoms with Crippen molar-refractivity contribution in [2.75, 3.05) is 12.3 Å². The van der Waals surface area contributed by atoms with Crippen molar-refractivity contribution in [1.82, 2.24) is 4.90 Å². The van der Waals surface area contributed by atoms with Crippen LogP contribution in [0.1, 0.15) is 33.1 Å². The van der Waals surface area contributed by atoms with Crippen molar-refractivity contribution in [2.24, 2.45) is 0 Å². The van der Waals surface area contributed by atoms with Crippen molar-refractivity contribution in [3.8, 4) is 0 Å². The molecule has 92 valence electrons. The van der Waals surface area contributed by atoms with Crippen LogP contribution in [0.2, 0.25) is 0 Å². The molecule has 1 aliphatic heterocycles. The van der Waals surface area contributed by atoms with Gasteiger partial charge in [0.2, 0.25) is 5.91 Å². The fraction of sp³-hybridized carbons (Fsp3) is 0.818.